The molecule has 1 saturated heterocycles. The molecule has 1 aliphatic heterocycles. The van der Waals surface area contributed by atoms with Gasteiger partial charge in [0.2, 0.25) is 15.9 Å². The predicted octanol–water partition coefficient (Wildman–Crippen LogP) is 4.42. The van der Waals surface area contributed by atoms with Crippen LogP contribution in [0.3, 0.4) is 0 Å². The van der Waals surface area contributed by atoms with Crippen LogP contribution < -0.4 is 14.8 Å². The fourth-order valence-electron chi connectivity index (χ4n) is 4.90. The molecule has 1 aliphatic rings. The molecule has 45 heavy (non-hydrogen) atoms. The average Bonchev–Trinajstić information content (AvgIpc) is 2.97. The van der Waals surface area contributed by atoms with E-state index in [9.17, 15) is 23.1 Å². The summed E-state index contributed by atoms with van der Waals surface area (Å²) in [6.07, 6.45) is 0.207. The van der Waals surface area contributed by atoms with E-state index in [-0.39, 0.29) is 34.3 Å². The summed E-state index contributed by atoms with van der Waals surface area (Å²) in [5.41, 5.74) is 2.97. The molecule has 3 aromatic carbocycles. The van der Waals surface area contributed by atoms with Crippen LogP contribution in [-0.2, 0) is 42.1 Å². The molecule has 0 spiro atoms. The Bertz CT molecular complexity index is 1590. The Labute approximate surface area is 272 Å². The number of methoxy groups -OCH3 is 3. The van der Waals surface area contributed by atoms with Gasteiger partial charge in [-0.05, 0) is 53.4 Å². The van der Waals surface area contributed by atoms with E-state index >= 15 is 0 Å². The standard InChI is InChI=1S/C31H34Cl2N2O9S/c1-41-10-11-44-18-20-13-27(42-2)29(28(14-20)43-3)21-6-4-19(5-7-21)12-25(31(37)38)34-30(36)26-8-9-35(26)45(39,40)24-16-22(32)15-23(33)17-24/h4-7,13-17,25-26H,8-12,18H2,1-3H3,(H,34,36)(H,37,38)/t25?,26-/m0/s1. The van der Waals surface area contributed by atoms with E-state index in [1.165, 1.54) is 18.2 Å². The average molecular weight is 682 g/mol. The third-order valence-electron chi connectivity index (χ3n) is 7.28. The summed E-state index contributed by atoms with van der Waals surface area (Å²) < 4.78 is 49.3. The maximum Gasteiger partial charge on any atom is 0.326 e. The zero-order valence-electron chi connectivity index (χ0n) is 24.9. The molecular weight excluding hydrogens is 647 g/mol. The topological polar surface area (TPSA) is 141 Å². The van der Waals surface area contributed by atoms with Gasteiger partial charge in [0.1, 0.15) is 23.6 Å². The minimum absolute atomic E-state index is 0.0310. The lowest BCUT2D eigenvalue weighted by Gasteiger charge is -2.38. The number of nitrogens with one attached hydrogen (secondary N) is 1. The number of rotatable bonds is 15. The van der Waals surface area contributed by atoms with Gasteiger partial charge in [-0.25, -0.2) is 13.2 Å². The number of sulfonamides is 1. The fraction of sp³-hybridized carbons (Fsp3) is 0.355. The lowest BCUT2D eigenvalue weighted by Crippen LogP contribution is -2.60. The second kappa shape index (κ2) is 15.3. The van der Waals surface area contributed by atoms with E-state index in [1.54, 1.807) is 33.5 Å². The third-order valence-corrected chi connectivity index (χ3v) is 9.60. The number of ether oxygens (including phenoxy) is 4. The molecule has 2 N–H and O–H groups in total. The Hall–Kier alpha value is -3.39. The van der Waals surface area contributed by atoms with E-state index in [1.807, 2.05) is 24.3 Å². The highest BCUT2D eigenvalue weighted by atomic mass is 35.5. The summed E-state index contributed by atoms with van der Waals surface area (Å²) in [7, 11) is 0.631. The van der Waals surface area contributed by atoms with Crippen molar-refractivity contribution >= 4 is 45.1 Å². The highest BCUT2D eigenvalue weighted by Gasteiger charge is 2.43. The number of carboxylic acids is 1. The van der Waals surface area contributed by atoms with Crippen LogP contribution >= 0.6 is 23.2 Å². The molecule has 14 heteroatoms. The van der Waals surface area contributed by atoms with Crippen LogP contribution in [0.2, 0.25) is 10.0 Å². The first kappa shape index (κ1) is 34.5. The highest BCUT2D eigenvalue weighted by Crippen LogP contribution is 2.40. The molecule has 1 unspecified atom stereocenters. The molecule has 3 aromatic rings. The monoisotopic (exact) mass is 680 g/mol. The van der Waals surface area contributed by atoms with Crippen LogP contribution in [0.4, 0.5) is 0 Å². The van der Waals surface area contributed by atoms with Crippen LogP contribution in [0.15, 0.2) is 59.5 Å². The Morgan fingerprint density at radius 3 is 2.09 bits per heavy atom. The molecule has 0 saturated carbocycles. The molecule has 1 heterocycles. The molecule has 1 fully saturated rings. The Morgan fingerprint density at radius 1 is 0.956 bits per heavy atom. The van der Waals surface area contributed by atoms with E-state index < -0.39 is 34.0 Å². The van der Waals surface area contributed by atoms with Gasteiger partial charge in [0.15, 0.2) is 0 Å². The number of hydrogen-bond donors (Lipinski definition) is 2. The van der Waals surface area contributed by atoms with E-state index in [0.29, 0.717) is 42.4 Å². The van der Waals surface area contributed by atoms with Gasteiger partial charge in [0.25, 0.3) is 0 Å². The molecule has 0 aromatic heterocycles. The van der Waals surface area contributed by atoms with Gasteiger partial charge < -0.3 is 29.4 Å². The van der Waals surface area contributed by atoms with Gasteiger partial charge in [0, 0.05) is 30.1 Å². The van der Waals surface area contributed by atoms with Crippen LogP contribution in [0.25, 0.3) is 11.1 Å². The first-order valence-corrected chi connectivity index (χ1v) is 16.1. The Morgan fingerprint density at radius 2 is 1.58 bits per heavy atom. The summed E-state index contributed by atoms with van der Waals surface area (Å²) in [6, 6.07) is 12.4. The van der Waals surface area contributed by atoms with Gasteiger partial charge >= 0.3 is 5.97 Å². The number of hydrogen-bond acceptors (Lipinski definition) is 8. The smallest absolute Gasteiger partial charge is 0.326 e. The summed E-state index contributed by atoms with van der Waals surface area (Å²) in [4.78, 5) is 25.1. The van der Waals surface area contributed by atoms with Gasteiger partial charge in [-0.1, -0.05) is 47.5 Å². The summed E-state index contributed by atoms with van der Waals surface area (Å²) >= 11 is 12.0. The quantitative estimate of drug-likeness (QED) is 0.223. The number of aliphatic carboxylic acids is 1. The fourth-order valence-corrected chi connectivity index (χ4v) is 7.26. The molecule has 4 rings (SSSR count). The van der Waals surface area contributed by atoms with Crippen molar-refractivity contribution in [2.45, 2.75) is 36.4 Å². The Kier molecular flexibility index (Phi) is 11.7. The second-order valence-electron chi connectivity index (χ2n) is 10.2. The van der Waals surface area contributed by atoms with Crippen LogP contribution in [0.5, 0.6) is 11.5 Å². The van der Waals surface area contributed by atoms with Crippen molar-refractivity contribution in [1.29, 1.82) is 0 Å². The molecule has 11 nitrogen and oxygen atoms in total. The van der Waals surface area contributed by atoms with Gasteiger partial charge in [0.05, 0.1) is 44.5 Å². The third kappa shape index (κ3) is 8.26. The molecule has 0 radical (unpaired) electrons. The van der Waals surface area contributed by atoms with Gasteiger partial charge in [-0.15, -0.1) is 0 Å². The second-order valence-corrected chi connectivity index (χ2v) is 13.0. The Balaban J connectivity index is 1.46. The zero-order valence-corrected chi connectivity index (χ0v) is 27.2. The number of amides is 1. The number of benzene rings is 3. The zero-order chi connectivity index (χ0) is 32.7. The number of nitrogens with zero attached hydrogens (tertiary/aromatic N) is 1. The summed E-state index contributed by atoms with van der Waals surface area (Å²) in [5, 5.41) is 12.7. The minimum atomic E-state index is -4.09. The molecule has 242 valence electrons. The first-order chi connectivity index (χ1) is 21.5. The first-order valence-electron chi connectivity index (χ1n) is 13.9. The van der Waals surface area contributed by atoms with Crippen molar-refractivity contribution in [3.8, 4) is 22.6 Å². The normalized spacial score (nSPS) is 15.6. The van der Waals surface area contributed by atoms with Crippen LogP contribution in [-0.4, -0.2) is 82.9 Å². The van der Waals surface area contributed by atoms with Crippen LogP contribution in [0.1, 0.15) is 17.5 Å². The summed E-state index contributed by atoms with van der Waals surface area (Å²) in [6.45, 7) is 1.36. The maximum absolute atomic E-state index is 13.2. The van der Waals surface area contributed by atoms with E-state index in [4.69, 9.17) is 42.1 Å². The highest BCUT2D eigenvalue weighted by molar-refractivity contribution is 7.89. The number of halogens is 2. The van der Waals surface area contributed by atoms with Crippen molar-refractivity contribution in [3.63, 3.8) is 0 Å². The number of carboxylic acid groups (broad SMARTS) is 1. The predicted molar refractivity (Wildman–Crippen MR) is 169 cm³/mol. The molecule has 0 bridgehead atoms. The van der Waals surface area contributed by atoms with Crippen molar-refractivity contribution in [2.75, 3.05) is 41.1 Å². The lowest BCUT2D eigenvalue weighted by molar-refractivity contribution is -0.143. The van der Waals surface area contributed by atoms with Crippen molar-refractivity contribution in [1.82, 2.24) is 9.62 Å². The SMILES string of the molecule is COCCOCc1cc(OC)c(-c2ccc(CC(NC(=O)[C@@H]3CCN3S(=O)(=O)c3cc(Cl)cc(Cl)c3)C(=O)O)cc2)c(OC)c1. The maximum atomic E-state index is 13.2. The molecule has 1 amide bonds. The number of carbonyl (C=O) groups is 2. The summed E-state index contributed by atoms with van der Waals surface area (Å²) in [5.74, 6) is -0.816. The van der Waals surface area contributed by atoms with Crippen molar-refractivity contribution in [2.24, 2.45) is 0 Å². The van der Waals surface area contributed by atoms with Crippen molar-refractivity contribution in [3.05, 3.63) is 75.8 Å². The van der Waals surface area contributed by atoms with Gasteiger partial charge in [-0.3, -0.25) is 4.79 Å². The van der Waals surface area contributed by atoms with Gasteiger partial charge in [-0.2, -0.15) is 4.31 Å². The lowest BCUT2D eigenvalue weighted by atomic mass is 9.97. The van der Waals surface area contributed by atoms with Crippen molar-refractivity contribution < 1.29 is 42.1 Å². The molecular formula is C31H34Cl2N2O9S. The van der Waals surface area contributed by atoms with E-state index in [0.717, 1.165) is 15.4 Å². The molecule has 0 aliphatic carbocycles. The minimum Gasteiger partial charge on any atom is -0.496 e. The largest absolute Gasteiger partial charge is 0.496 e. The van der Waals surface area contributed by atoms with E-state index in [2.05, 4.69) is 5.32 Å². The molecule has 2 atom stereocenters. The number of carbonyl (C=O) groups excluding carboxylic acids is 1. The van der Waals surface area contributed by atoms with Crippen LogP contribution in [0, 0.1) is 0 Å².